The molecule has 0 spiro atoms. The van der Waals surface area contributed by atoms with Gasteiger partial charge in [-0.05, 0) is 30.4 Å². The van der Waals surface area contributed by atoms with Crippen LogP contribution in [0.2, 0.25) is 0 Å². The van der Waals surface area contributed by atoms with E-state index in [1.165, 1.54) is 0 Å². The van der Waals surface area contributed by atoms with Gasteiger partial charge < -0.3 is 4.98 Å². The van der Waals surface area contributed by atoms with E-state index in [1.807, 2.05) is 19.9 Å². The van der Waals surface area contributed by atoms with E-state index < -0.39 is 0 Å². The van der Waals surface area contributed by atoms with E-state index >= 15 is 0 Å². The van der Waals surface area contributed by atoms with E-state index in [1.54, 1.807) is 6.20 Å². The predicted octanol–water partition coefficient (Wildman–Crippen LogP) is 1.64. The van der Waals surface area contributed by atoms with Crippen LogP contribution in [0.3, 0.4) is 0 Å². The molecule has 0 saturated carbocycles. The van der Waals surface area contributed by atoms with Gasteiger partial charge in [0.15, 0.2) is 0 Å². The summed E-state index contributed by atoms with van der Waals surface area (Å²) in [4.78, 5) is 14.2. The van der Waals surface area contributed by atoms with Crippen molar-refractivity contribution in [2.75, 3.05) is 0 Å². The molecule has 0 saturated heterocycles. The molecule has 1 aliphatic carbocycles. The molecule has 0 amide bonds. The van der Waals surface area contributed by atoms with Gasteiger partial charge in [-0.1, -0.05) is 13.8 Å². The summed E-state index contributed by atoms with van der Waals surface area (Å²) in [5, 5.41) is 9.29. The summed E-state index contributed by atoms with van der Waals surface area (Å²) in [5.74, 6) is 0.272. The molecular formula is C12H14N2O. The quantitative estimate of drug-likeness (QED) is 0.752. The van der Waals surface area contributed by atoms with Crippen LogP contribution in [0.5, 0.6) is 0 Å². The van der Waals surface area contributed by atoms with Crippen molar-refractivity contribution in [3.63, 3.8) is 0 Å². The van der Waals surface area contributed by atoms with Crippen molar-refractivity contribution in [1.82, 2.24) is 4.98 Å². The van der Waals surface area contributed by atoms with Gasteiger partial charge in [0.25, 0.3) is 5.56 Å². The number of fused-ring (bicyclic) bond motifs is 1. The Bertz CT molecular complexity index is 481. The van der Waals surface area contributed by atoms with E-state index in [-0.39, 0.29) is 16.9 Å². The van der Waals surface area contributed by atoms with E-state index in [0.717, 1.165) is 11.1 Å². The molecule has 3 heteroatoms. The summed E-state index contributed by atoms with van der Waals surface area (Å²) in [6, 6.07) is 4.31. The zero-order valence-electron chi connectivity index (χ0n) is 9.00. The van der Waals surface area contributed by atoms with E-state index in [2.05, 4.69) is 11.1 Å². The van der Waals surface area contributed by atoms with Crippen molar-refractivity contribution >= 4 is 0 Å². The van der Waals surface area contributed by atoms with E-state index in [9.17, 15) is 10.1 Å². The largest absolute Gasteiger partial charge is 0.329 e. The highest BCUT2D eigenvalue weighted by atomic mass is 16.1. The van der Waals surface area contributed by atoms with Gasteiger partial charge in [0.2, 0.25) is 0 Å². The molecular weight excluding hydrogens is 188 g/mol. The molecule has 2 rings (SSSR count). The minimum absolute atomic E-state index is 0.0368. The zero-order valence-corrected chi connectivity index (χ0v) is 9.00. The summed E-state index contributed by atoms with van der Waals surface area (Å²) >= 11 is 0. The molecule has 1 heterocycles. The van der Waals surface area contributed by atoms with Gasteiger partial charge in [0.05, 0.1) is 11.5 Å². The fourth-order valence-electron chi connectivity index (χ4n) is 2.25. The van der Waals surface area contributed by atoms with Gasteiger partial charge in [0.1, 0.15) is 0 Å². The van der Waals surface area contributed by atoms with Crippen LogP contribution in [0.4, 0.5) is 0 Å². The third kappa shape index (κ3) is 1.37. The monoisotopic (exact) mass is 202 g/mol. The minimum Gasteiger partial charge on any atom is -0.329 e. The maximum absolute atomic E-state index is 11.6. The van der Waals surface area contributed by atoms with E-state index in [4.69, 9.17) is 0 Å². The SMILES string of the molecule is CC(C)C1(C#N)Cc2cc[nH]c(=O)c2C1. The third-order valence-corrected chi connectivity index (χ3v) is 3.49. The maximum atomic E-state index is 11.6. The van der Waals surface area contributed by atoms with Crippen LogP contribution >= 0.6 is 0 Å². The number of H-pyrrole nitrogens is 1. The van der Waals surface area contributed by atoms with Crippen molar-refractivity contribution in [2.45, 2.75) is 26.7 Å². The second kappa shape index (κ2) is 3.23. The van der Waals surface area contributed by atoms with Crippen molar-refractivity contribution < 1.29 is 0 Å². The molecule has 78 valence electrons. The third-order valence-electron chi connectivity index (χ3n) is 3.49. The van der Waals surface area contributed by atoms with Crippen LogP contribution in [-0.4, -0.2) is 4.98 Å². The number of nitriles is 1. The number of hydrogen-bond donors (Lipinski definition) is 1. The van der Waals surface area contributed by atoms with Gasteiger partial charge in [-0.2, -0.15) is 5.26 Å². The Hall–Kier alpha value is -1.56. The first-order valence-electron chi connectivity index (χ1n) is 5.20. The molecule has 1 aromatic heterocycles. The first-order chi connectivity index (χ1) is 7.09. The Kier molecular flexibility index (Phi) is 2.15. The van der Waals surface area contributed by atoms with E-state index in [0.29, 0.717) is 12.8 Å². The molecule has 1 atom stereocenters. The first-order valence-corrected chi connectivity index (χ1v) is 5.20. The number of hydrogen-bond acceptors (Lipinski definition) is 2. The smallest absolute Gasteiger partial charge is 0.251 e. The maximum Gasteiger partial charge on any atom is 0.251 e. The van der Waals surface area contributed by atoms with Gasteiger partial charge in [-0.25, -0.2) is 0 Å². The van der Waals surface area contributed by atoms with Crippen LogP contribution < -0.4 is 5.56 Å². The summed E-state index contributed by atoms with van der Waals surface area (Å²) in [6.45, 7) is 4.09. The molecule has 0 aliphatic heterocycles. The lowest BCUT2D eigenvalue weighted by molar-refractivity contribution is 0.293. The molecule has 1 aliphatic rings. The van der Waals surface area contributed by atoms with Gasteiger partial charge >= 0.3 is 0 Å². The van der Waals surface area contributed by atoms with Gasteiger partial charge in [0, 0.05) is 11.8 Å². The average molecular weight is 202 g/mol. The molecule has 1 N–H and O–H groups in total. The number of nitrogens with zero attached hydrogens (tertiary/aromatic N) is 1. The molecule has 0 aromatic carbocycles. The van der Waals surface area contributed by atoms with Crippen molar-refractivity contribution in [3.8, 4) is 6.07 Å². The minimum atomic E-state index is -0.378. The number of rotatable bonds is 1. The van der Waals surface area contributed by atoms with Crippen molar-refractivity contribution in [2.24, 2.45) is 11.3 Å². The lowest BCUT2D eigenvalue weighted by Gasteiger charge is -2.24. The highest BCUT2D eigenvalue weighted by molar-refractivity contribution is 5.35. The van der Waals surface area contributed by atoms with Gasteiger partial charge in [-0.15, -0.1) is 0 Å². The summed E-state index contributed by atoms with van der Waals surface area (Å²) in [6.07, 6.45) is 2.96. The zero-order chi connectivity index (χ0) is 11.1. The topological polar surface area (TPSA) is 56.6 Å². The van der Waals surface area contributed by atoms with Gasteiger partial charge in [-0.3, -0.25) is 4.79 Å². The van der Waals surface area contributed by atoms with Crippen LogP contribution in [0.25, 0.3) is 0 Å². The lowest BCUT2D eigenvalue weighted by atomic mass is 9.76. The molecule has 0 bridgehead atoms. The van der Waals surface area contributed by atoms with Crippen LogP contribution in [0, 0.1) is 22.7 Å². The normalized spacial score (nSPS) is 23.9. The molecule has 1 aromatic rings. The Balaban J connectivity index is 2.50. The summed E-state index contributed by atoms with van der Waals surface area (Å²) in [7, 11) is 0. The number of aromatic nitrogens is 1. The fourth-order valence-corrected chi connectivity index (χ4v) is 2.25. The predicted molar refractivity (Wildman–Crippen MR) is 57.4 cm³/mol. The summed E-state index contributed by atoms with van der Waals surface area (Å²) < 4.78 is 0. The van der Waals surface area contributed by atoms with Crippen LogP contribution in [0.1, 0.15) is 25.0 Å². The number of nitrogens with one attached hydrogen (secondary N) is 1. The second-order valence-corrected chi connectivity index (χ2v) is 4.59. The molecule has 0 fully saturated rings. The van der Waals surface area contributed by atoms with Crippen LogP contribution in [-0.2, 0) is 12.8 Å². The highest BCUT2D eigenvalue weighted by Crippen LogP contribution is 2.40. The summed E-state index contributed by atoms with van der Waals surface area (Å²) in [5.41, 5.74) is 1.42. The second-order valence-electron chi connectivity index (χ2n) is 4.59. The Labute approximate surface area is 88.8 Å². The fraction of sp³-hybridized carbons (Fsp3) is 0.500. The average Bonchev–Trinajstić information content (AvgIpc) is 2.59. The van der Waals surface area contributed by atoms with Crippen molar-refractivity contribution in [1.29, 1.82) is 5.26 Å². The van der Waals surface area contributed by atoms with Crippen LogP contribution in [0.15, 0.2) is 17.1 Å². The molecule has 0 radical (unpaired) electrons. The number of pyridine rings is 1. The Morgan fingerprint density at radius 3 is 2.80 bits per heavy atom. The molecule has 3 nitrogen and oxygen atoms in total. The number of aromatic amines is 1. The molecule has 15 heavy (non-hydrogen) atoms. The first kappa shape index (κ1) is 9.97. The Morgan fingerprint density at radius 2 is 2.27 bits per heavy atom. The molecule has 1 unspecified atom stereocenters. The van der Waals surface area contributed by atoms with Crippen molar-refractivity contribution in [3.05, 3.63) is 33.7 Å². The standard InChI is InChI=1S/C12H14N2O/c1-8(2)12(7-13)5-9-3-4-14-11(15)10(9)6-12/h3-4,8H,5-6H2,1-2H3,(H,14,15). The lowest BCUT2D eigenvalue weighted by Crippen LogP contribution is -2.26. The highest BCUT2D eigenvalue weighted by Gasteiger charge is 2.41. The Morgan fingerprint density at radius 1 is 1.53 bits per heavy atom.